The van der Waals surface area contributed by atoms with Gasteiger partial charge in [0.15, 0.2) is 6.61 Å². The highest BCUT2D eigenvalue weighted by Crippen LogP contribution is 2.32. The summed E-state index contributed by atoms with van der Waals surface area (Å²) in [5, 5.41) is 15.8. The van der Waals surface area contributed by atoms with Crippen LogP contribution in [0.5, 0.6) is 0 Å². The van der Waals surface area contributed by atoms with Crippen molar-refractivity contribution >= 4 is 5.97 Å². The molecule has 1 aliphatic heterocycles. The lowest BCUT2D eigenvalue weighted by Crippen LogP contribution is -2.38. The third-order valence-electron chi connectivity index (χ3n) is 2.26. The second kappa shape index (κ2) is 4.34. The van der Waals surface area contributed by atoms with Gasteiger partial charge in [-0.3, -0.25) is 0 Å². The minimum absolute atomic E-state index is 0.418. The van der Waals surface area contributed by atoms with Gasteiger partial charge in [-0.2, -0.15) is 18.3 Å². The Kier molecular flexibility index (Phi) is 3.44. The highest BCUT2D eigenvalue weighted by molar-refractivity contribution is 5.82. The van der Waals surface area contributed by atoms with Crippen LogP contribution in [0.1, 0.15) is 13.8 Å². The van der Waals surface area contributed by atoms with Crippen LogP contribution in [0.2, 0.25) is 0 Å². The summed E-state index contributed by atoms with van der Waals surface area (Å²) < 4.78 is 40.0. The molecular weight excluding hydrogens is 241 g/mol. The fourth-order valence-corrected chi connectivity index (χ4v) is 1.24. The van der Waals surface area contributed by atoms with Gasteiger partial charge in [0, 0.05) is 6.08 Å². The van der Waals surface area contributed by atoms with E-state index in [-0.39, 0.29) is 0 Å². The Morgan fingerprint density at radius 1 is 1.59 bits per heavy atom. The van der Waals surface area contributed by atoms with Crippen LogP contribution >= 0.6 is 0 Å². The molecule has 0 aliphatic carbocycles. The van der Waals surface area contributed by atoms with Gasteiger partial charge in [-0.05, 0) is 5.92 Å². The minimum Gasteiger partial charge on any atom is -0.479 e. The number of halogens is 3. The predicted octanol–water partition coefficient (Wildman–Crippen LogP) is 2.35. The van der Waals surface area contributed by atoms with E-state index in [2.05, 4.69) is 15.0 Å². The number of hydrogen-bond donors (Lipinski definition) is 1. The summed E-state index contributed by atoms with van der Waals surface area (Å²) in [6, 6.07) is 0. The third kappa shape index (κ3) is 2.95. The van der Waals surface area contributed by atoms with Crippen molar-refractivity contribution in [2.24, 2.45) is 16.1 Å². The Hall–Kier alpha value is -1.60. The highest BCUT2D eigenvalue weighted by Gasteiger charge is 2.44. The summed E-state index contributed by atoms with van der Waals surface area (Å²) in [5.74, 6) is -2.14. The van der Waals surface area contributed by atoms with E-state index in [0.717, 1.165) is 6.08 Å². The zero-order valence-electron chi connectivity index (χ0n) is 9.15. The van der Waals surface area contributed by atoms with E-state index < -0.39 is 36.1 Å². The Morgan fingerprint density at radius 3 is 2.53 bits per heavy atom. The molecule has 0 saturated heterocycles. The molecule has 0 aromatic carbocycles. The number of ether oxygens (including phenoxy) is 1. The molecule has 0 spiro atoms. The third-order valence-corrected chi connectivity index (χ3v) is 2.26. The molecule has 5 nitrogen and oxygen atoms in total. The van der Waals surface area contributed by atoms with Crippen molar-refractivity contribution in [3.05, 3.63) is 12.0 Å². The van der Waals surface area contributed by atoms with E-state index in [4.69, 9.17) is 5.11 Å². The lowest BCUT2D eigenvalue weighted by Gasteiger charge is -2.20. The molecule has 8 heteroatoms. The van der Waals surface area contributed by atoms with Crippen LogP contribution in [0, 0.1) is 5.92 Å². The lowest BCUT2D eigenvalue weighted by atomic mass is 9.88. The van der Waals surface area contributed by atoms with E-state index in [0.29, 0.717) is 0 Å². The van der Waals surface area contributed by atoms with Crippen molar-refractivity contribution < 1.29 is 27.8 Å². The summed E-state index contributed by atoms with van der Waals surface area (Å²) in [6.07, 6.45) is -3.51. The van der Waals surface area contributed by atoms with Crippen LogP contribution in [-0.4, -0.2) is 29.4 Å². The van der Waals surface area contributed by atoms with Crippen molar-refractivity contribution in [1.82, 2.24) is 0 Å². The van der Waals surface area contributed by atoms with Gasteiger partial charge in [-0.25, -0.2) is 4.79 Å². The molecule has 1 aliphatic rings. The first kappa shape index (κ1) is 13.5. The fourth-order valence-electron chi connectivity index (χ4n) is 1.24. The van der Waals surface area contributed by atoms with Crippen molar-refractivity contribution in [3.8, 4) is 0 Å². The number of azo groups is 1. The number of hydrogen-bond acceptors (Lipinski definition) is 4. The van der Waals surface area contributed by atoms with Gasteiger partial charge in [0.25, 0.3) is 0 Å². The van der Waals surface area contributed by atoms with E-state index in [9.17, 15) is 18.0 Å². The van der Waals surface area contributed by atoms with Crippen molar-refractivity contribution in [1.29, 1.82) is 0 Å². The molecule has 0 saturated carbocycles. The van der Waals surface area contributed by atoms with Crippen molar-refractivity contribution in [2.75, 3.05) is 6.61 Å². The SMILES string of the molecule is CC(C)C1(C(=O)O)C=C(OCC(F)(F)F)N=N1. The molecular formula is C9H11F3N2O3. The van der Waals surface area contributed by atoms with Crippen LogP contribution in [0.25, 0.3) is 0 Å². The van der Waals surface area contributed by atoms with Crippen LogP contribution in [-0.2, 0) is 9.53 Å². The maximum atomic E-state index is 11.9. The molecule has 1 rings (SSSR count). The normalized spacial score (nSPS) is 24.0. The number of rotatable bonds is 4. The summed E-state index contributed by atoms with van der Waals surface area (Å²) in [5.41, 5.74) is -1.64. The maximum Gasteiger partial charge on any atom is 0.422 e. The molecule has 1 atom stereocenters. The standard InChI is InChI=1S/C9H11F3N2O3/c1-5(2)8(7(15)16)3-6(13-14-8)17-4-9(10,11)12/h3,5H,4H2,1-2H3,(H,15,16). The van der Waals surface area contributed by atoms with Gasteiger partial charge in [0.05, 0.1) is 0 Å². The summed E-state index contributed by atoms with van der Waals surface area (Å²) in [7, 11) is 0. The number of alkyl halides is 3. The Balaban J connectivity index is 2.81. The number of carboxylic acid groups (broad SMARTS) is 1. The van der Waals surface area contributed by atoms with Crippen LogP contribution in [0.4, 0.5) is 13.2 Å². The second-order valence-electron chi connectivity index (χ2n) is 3.87. The van der Waals surface area contributed by atoms with E-state index >= 15 is 0 Å². The number of aliphatic carboxylic acids is 1. The maximum absolute atomic E-state index is 11.9. The zero-order valence-corrected chi connectivity index (χ0v) is 9.15. The Bertz CT molecular complexity index is 376. The monoisotopic (exact) mass is 252 g/mol. The molecule has 0 bridgehead atoms. The molecule has 0 fully saturated rings. The van der Waals surface area contributed by atoms with Crippen molar-refractivity contribution in [2.45, 2.75) is 25.6 Å². The average molecular weight is 252 g/mol. The molecule has 1 heterocycles. The molecule has 0 amide bonds. The van der Waals surface area contributed by atoms with Crippen LogP contribution < -0.4 is 0 Å². The molecule has 0 radical (unpaired) electrons. The van der Waals surface area contributed by atoms with Gasteiger partial charge in [-0.15, -0.1) is 5.11 Å². The number of nitrogens with zero attached hydrogens (tertiary/aromatic N) is 2. The van der Waals surface area contributed by atoms with Gasteiger partial charge >= 0.3 is 12.1 Å². The van der Waals surface area contributed by atoms with Gasteiger partial charge in [0.2, 0.25) is 11.4 Å². The van der Waals surface area contributed by atoms with Gasteiger partial charge < -0.3 is 9.84 Å². The number of carboxylic acids is 1. The first-order valence-electron chi connectivity index (χ1n) is 4.76. The smallest absolute Gasteiger partial charge is 0.422 e. The lowest BCUT2D eigenvalue weighted by molar-refractivity contribution is -0.165. The van der Waals surface area contributed by atoms with E-state index in [1.807, 2.05) is 0 Å². The molecule has 0 aromatic rings. The van der Waals surface area contributed by atoms with Crippen LogP contribution in [0.15, 0.2) is 22.2 Å². The molecule has 96 valence electrons. The van der Waals surface area contributed by atoms with Gasteiger partial charge in [0.1, 0.15) is 0 Å². The summed E-state index contributed by atoms with van der Waals surface area (Å²) in [4.78, 5) is 11.0. The fraction of sp³-hybridized carbons (Fsp3) is 0.667. The Labute approximate surface area is 95.0 Å². The topological polar surface area (TPSA) is 71.2 Å². The van der Waals surface area contributed by atoms with E-state index in [1.54, 1.807) is 13.8 Å². The largest absolute Gasteiger partial charge is 0.479 e. The predicted molar refractivity (Wildman–Crippen MR) is 50.2 cm³/mol. The van der Waals surface area contributed by atoms with Gasteiger partial charge in [-0.1, -0.05) is 13.8 Å². The molecule has 0 aromatic heterocycles. The minimum atomic E-state index is -4.50. The summed E-state index contributed by atoms with van der Waals surface area (Å²) >= 11 is 0. The number of carbonyl (C=O) groups is 1. The molecule has 1 unspecified atom stereocenters. The molecule has 17 heavy (non-hydrogen) atoms. The second-order valence-corrected chi connectivity index (χ2v) is 3.87. The average Bonchev–Trinajstić information content (AvgIpc) is 2.58. The quantitative estimate of drug-likeness (QED) is 0.834. The van der Waals surface area contributed by atoms with Crippen molar-refractivity contribution in [3.63, 3.8) is 0 Å². The summed E-state index contributed by atoms with van der Waals surface area (Å²) in [6.45, 7) is 1.64. The molecule has 1 N–H and O–H groups in total. The first-order valence-corrected chi connectivity index (χ1v) is 4.76. The Morgan fingerprint density at radius 2 is 2.18 bits per heavy atom. The van der Waals surface area contributed by atoms with E-state index in [1.165, 1.54) is 0 Å². The first-order chi connectivity index (χ1) is 7.67. The van der Waals surface area contributed by atoms with Crippen LogP contribution in [0.3, 0.4) is 0 Å². The highest BCUT2D eigenvalue weighted by atomic mass is 19.4. The zero-order chi connectivity index (χ0) is 13.3.